The van der Waals surface area contributed by atoms with E-state index in [0.717, 1.165) is 5.56 Å². The first-order valence-electron chi connectivity index (χ1n) is 6.15. The van der Waals surface area contributed by atoms with Crippen LogP contribution in [0.5, 0.6) is 0 Å². The predicted molar refractivity (Wildman–Crippen MR) is 73.1 cm³/mol. The quantitative estimate of drug-likeness (QED) is 0.780. The molecule has 3 rings (SSSR count). The topological polar surface area (TPSA) is 61.2 Å². The van der Waals surface area contributed by atoms with Gasteiger partial charge in [0, 0.05) is 0 Å². The minimum Gasteiger partial charge on any atom is -0.300 e. The highest BCUT2D eigenvalue weighted by molar-refractivity contribution is 6.52. The molecular weight excluding hydrogens is 252 g/mol. The lowest BCUT2D eigenvalue weighted by molar-refractivity contribution is -0.114. The molecule has 1 aliphatic heterocycles. The lowest BCUT2D eigenvalue weighted by atomic mass is 10.1. The van der Waals surface area contributed by atoms with Crippen LogP contribution in [0.1, 0.15) is 21.5 Å². The van der Waals surface area contributed by atoms with Gasteiger partial charge in [-0.2, -0.15) is 5.26 Å². The number of ketones is 1. The number of para-hydroxylation sites is 1. The molecule has 0 bridgehead atoms. The first kappa shape index (κ1) is 12.1. The Labute approximate surface area is 115 Å². The van der Waals surface area contributed by atoms with E-state index in [0.29, 0.717) is 16.8 Å². The summed E-state index contributed by atoms with van der Waals surface area (Å²) in [5.74, 6) is -0.995. The van der Waals surface area contributed by atoms with Gasteiger partial charge in [0.25, 0.3) is 11.7 Å². The maximum atomic E-state index is 12.0. The SMILES string of the molecule is N#Cc1cccc(CN2C(=O)C(=O)c3ccccc32)c1. The molecule has 0 radical (unpaired) electrons. The minimum atomic E-state index is -0.520. The van der Waals surface area contributed by atoms with Crippen molar-refractivity contribution in [2.75, 3.05) is 4.90 Å². The van der Waals surface area contributed by atoms with Gasteiger partial charge >= 0.3 is 0 Å². The third-order valence-electron chi connectivity index (χ3n) is 3.28. The van der Waals surface area contributed by atoms with Gasteiger partial charge < -0.3 is 4.90 Å². The molecule has 0 saturated carbocycles. The number of carbonyl (C=O) groups is 2. The van der Waals surface area contributed by atoms with Crippen LogP contribution in [0.2, 0.25) is 0 Å². The summed E-state index contributed by atoms with van der Waals surface area (Å²) in [6, 6.07) is 16.0. The van der Waals surface area contributed by atoms with Crippen molar-refractivity contribution in [1.29, 1.82) is 5.26 Å². The van der Waals surface area contributed by atoms with Gasteiger partial charge in [-0.3, -0.25) is 9.59 Å². The maximum absolute atomic E-state index is 12.0. The molecule has 1 heterocycles. The van der Waals surface area contributed by atoms with E-state index in [1.807, 2.05) is 6.07 Å². The molecule has 0 atom stereocenters. The molecule has 0 saturated heterocycles. The second-order valence-corrected chi connectivity index (χ2v) is 4.55. The fourth-order valence-electron chi connectivity index (χ4n) is 2.33. The van der Waals surface area contributed by atoms with Crippen LogP contribution in [-0.4, -0.2) is 11.7 Å². The lowest BCUT2D eigenvalue weighted by Gasteiger charge is -2.16. The summed E-state index contributed by atoms with van der Waals surface area (Å²) in [4.78, 5) is 25.4. The molecule has 20 heavy (non-hydrogen) atoms. The Morgan fingerprint density at radius 3 is 2.65 bits per heavy atom. The van der Waals surface area contributed by atoms with Crippen molar-refractivity contribution in [2.45, 2.75) is 6.54 Å². The Balaban J connectivity index is 1.97. The van der Waals surface area contributed by atoms with Crippen LogP contribution in [0.3, 0.4) is 0 Å². The van der Waals surface area contributed by atoms with Crippen LogP contribution in [0.25, 0.3) is 0 Å². The highest BCUT2D eigenvalue weighted by atomic mass is 16.2. The average molecular weight is 262 g/mol. The maximum Gasteiger partial charge on any atom is 0.299 e. The average Bonchev–Trinajstić information content (AvgIpc) is 2.73. The zero-order valence-corrected chi connectivity index (χ0v) is 10.5. The van der Waals surface area contributed by atoms with Crippen molar-refractivity contribution in [2.24, 2.45) is 0 Å². The standard InChI is InChI=1S/C16H10N2O2/c17-9-11-4-3-5-12(8-11)10-18-14-7-2-1-6-13(14)15(19)16(18)20/h1-8H,10H2. The van der Waals surface area contributed by atoms with Crippen LogP contribution in [0.15, 0.2) is 48.5 Å². The molecule has 0 spiro atoms. The van der Waals surface area contributed by atoms with Gasteiger partial charge in [-0.25, -0.2) is 0 Å². The molecule has 4 heteroatoms. The molecule has 2 aromatic carbocycles. The first-order chi connectivity index (χ1) is 9.70. The molecular formula is C16H10N2O2. The number of anilines is 1. The zero-order valence-electron chi connectivity index (χ0n) is 10.5. The fourth-order valence-corrected chi connectivity index (χ4v) is 2.33. The number of rotatable bonds is 2. The number of hydrogen-bond donors (Lipinski definition) is 0. The highest BCUT2D eigenvalue weighted by Gasteiger charge is 2.35. The van der Waals surface area contributed by atoms with Gasteiger partial charge in [0.05, 0.1) is 29.4 Å². The van der Waals surface area contributed by atoms with Gasteiger partial charge in [0.2, 0.25) is 0 Å². The van der Waals surface area contributed by atoms with Crippen molar-refractivity contribution in [3.05, 3.63) is 65.2 Å². The van der Waals surface area contributed by atoms with Crippen molar-refractivity contribution in [3.8, 4) is 6.07 Å². The van der Waals surface area contributed by atoms with E-state index in [1.165, 1.54) is 4.90 Å². The van der Waals surface area contributed by atoms with Crippen LogP contribution < -0.4 is 4.90 Å². The summed E-state index contributed by atoms with van der Waals surface area (Å²) >= 11 is 0. The molecule has 0 aliphatic carbocycles. The number of benzene rings is 2. The van der Waals surface area contributed by atoms with Crippen molar-refractivity contribution < 1.29 is 9.59 Å². The van der Waals surface area contributed by atoms with Crippen LogP contribution in [-0.2, 0) is 11.3 Å². The van der Waals surface area contributed by atoms with Crippen molar-refractivity contribution in [1.82, 2.24) is 0 Å². The van der Waals surface area contributed by atoms with E-state index in [9.17, 15) is 9.59 Å². The summed E-state index contributed by atoms with van der Waals surface area (Å²) in [6.07, 6.45) is 0. The van der Waals surface area contributed by atoms with Gasteiger partial charge in [0.15, 0.2) is 0 Å². The Hall–Kier alpha value is -2.93. The van der Waals surface area contributed by atoms with Gasteiger partial charge in [-0.1, -0.05) is 24.3 Å². The molecule has 0 N–H and O–H groups in total. The molecule has 0 aromatic heterocycles. The molecule has 1 amide bonds. The Kier molecular flexibility index (Phi) is 2.81. The molecule has 1 aliphatic rings. The third kappa shape index (κ3) is 1.86. The molecule has 0 unspecified atom stereocenters. The Morgan fingerprint density at radius 1 is 1.05 bits per heavy atom. The number of amides is 1. The molecule has 96 valence electrons. The number of carbonyl (C=O) groups excluding carboxylic acids is 2. The molecule has 0 fully saturated rings. The predicted octanol–water partition coefficient (Wildman–Crippen LogP) is 2.29. The van der Waals surface area contributed by atoms with Crippen LogP contribution in [0.4, 0.5) is 5.69 Å². The largest absolute Gasteiger partial charge is 0.300 e. The number of nitriles is 1. The minimum absolute atomic E-state index is 0.289. The van der Waals surface area contributed by atoms with Crippen molar-refractivity contribution >= 4 is 17.4 Å². The number of nitrogens with zero attached hydrogens (tertiary/aromatic N) is 2. The van der Waals surface area contributed by atoms with E-state index < -0.39 is 11.7 Å². The normalized spacial score (nSPS) is 13.2. The summed E-state index contributed by atoms with van der Waals surface area (Å²) in [5.41, 5.74) is 2.43. The summed E-state index contributed by atoms with van der Waals surface area (Å²) in [7, 11) is 0. The monoisotopic (exact) mass is 262 g/mol. The fraction of sp³-hybridized carbons (Fsp3) is 0.0625. The second kappa shape index (κ2) is 4.63. The number of hydrogen-bond acceptors (Lipinski definition) is 3. The van der Waals surface area contributed by atoms with E-state index in [1.54, 1.807) is 42.5 Å². The smallest absolute Gasteiger partial charge is 0.299 e. The van der Waals surface area contributed by atoms with Gasteiger partial charge in [0.1, 0.15) is 0 Å². The first-order valence-corrected chi connectivity index (χ1v) is 6.15. The Morgan fingerprint density at radius 2 is 1.85 bits per heavy atom. The Bertz CT molecular complexity index is 759. The van der Waals surface area contributed by atoms with E-state index in [4.69, 9.17) is 5.26 Å². The molecule has 2 aromatic rings. The highest BCUT2D eigenvalue weighted by Crippen LogP contribution is 2.29. The van der Waals surface area contributed by atoms with E-state index in [2.05, 4.69) is 6.07 Å². The van der Waals surface area contributed by atoms with Gasteiger partial charge in [-0.15, -0.1) is 0 Å². The van der Waals surface area contributed by atoms with Crippen molar-refractivity contribution in [3.63, 3.8) is 0 Å². The summed E-state index contributed by atoms with van der Waals surface area (Å²) in [6.45, 7) is 0.289. The van der Waals surface area contributed by atoms with Gasteiger partial charge in [-0.05, 0) is 29.8 Å². The summed E-state index contributed by atoms with van der Waals surface area (Å²) in [5, 5.41) is 8.89. The zero-order chi connectivity index (χ0) is 14.1. The number of Topliss-reactive ketones (excluding diaryl/α,β-unsaturated/α-hetero) is 1. The van der Waals surface area contributed by atoms with Crippen LogP contribution in [0, 0.1) is 11.3 Å². The summed E-state index contributed by atoms with van der Waals surface area (Å²) < 4.78 is 0. The second-order valence-electron chi connectivity index (χ2n) is 4.55. The number of fused-ring (bicyclic) bond motifs is 1. The lowest BCUT2D eigenvalue weighted by Crippen LogP contribution is -2.29. The van der Waals surface area contributed by atoms with E-state index in [-0.39, 0.29) is 6.54 Å². The van der Waals surface area contributed by atoms with E-state index >= 15 is 0 Å². The third-order valence-corrected chi connectivity index (χ3v) is 3.28. The molecule has 4 nitrogen and oxygen atoms in total. The van der Waals surface area contributed by atoms with Crippen LogP contribution >= 0.6 is 0 Å².